The van der Waals surface area contributed by atoms with Gasteiger partial charge in [-0.05, 0) is 42.3 Å². The van der Waals surface area contributed by atoms with Gasteiger partial charge in [0.2, 0.25) is 0 Å². The monoisotopic (exact) mass is 498 g/mol. The first-order valence-corrected chi connectivity index (χ1v) is 8.98. The molecule has 0 spiro atoms. The lowest BCUT2D eigenvalue weighted by atomic mass is 10.1. The van der Waals surface area contributed by atoms with Crippen LogP contribution in [0.4, 0.5) is 14.5 Å². The lowest BCUT2D eigenvalue weighted by Crippen LogP contribution is -2.38. The Morgan fingerprint density at radius 2 is 1.75 bits per heavy atom. The fourth-order valence-corrected chi connectivity index (χ4v) is 2.96. The molecule has 0 amide bonds. The normalized spacial score (nSPS) is 14.6. The summed E-state index contributed by atoms with van der Waals surface area (Å²) in [4.78, 5) is 6.49. The molecule has 4 nitrogen and oxygen atoms in total. The van der Waals surface area contributed by atoms with Gasteiger partial charge in [0.15, 0.2) is 17.6 Å². The highest BCUT2D eigenvalue weighted by Gasteiger charge is 2.11. The number of hydrogen-bond acceptors (Lipinski definition) is 2. The first kappa shape index (κ1) is 22.1. The van der Waals surface area contributed by atoms with Crippen molar-refractivity contribution in [1.29, 1.82) is 0 Å². The number of aliphatic imine (C=N–C) groups is 1. The average molecular weight is 498 g/mol. The van der Waals surface area contributed by atoms with Crippen LogP contribution in [0.5, 0.6) is 0 Å². The summed E-state index contributed by atoms with van der Waals surface area (Å²) in [5, 5.41) is 6.44. The van der Waals surface area contributed by atoms with E-state index in [-0.39, 0.29) is 30.0 Å². The lowest BCUT2D eigenvalue weighted by Gasteiger charge is -2.19. The molecule has 1 atom stereocenters. The third kappa shape index (κ3) is 5.67. The maximum atomic E-state index is 13.4. The third-order valence-corrected chi connectivity index (χ3v) is 4.60. The van der Waals surface area contributed by atoms with Crippen LogP contribution >= 0.6 is 24.0 Å². The highest BCUT2D eigenvalue weighted by atomic mass is 127. The second kappa shape index (κ2) is 10.4. The van der Waals surface area contributed by atoms with Crippen molar-refractivity contribution in [3.8, 4) is 0 Å². The van der Waals surface area contributed by atoms with Crippen LogP contribution in [0.2, 0.25) is 0 Å². The Balaban J connectivity index is 0.00000280. The molecule has 0 fully saturated rings. The van der Waals surface area contributed by atoms with Gasteiger partial charge in [0.25, 0.3) is 0 Å². The third-order valence-electron chi connectivity index (χ3n) is 4.60. The Hall–Kier alpha value is -2.16. The largest absolute Gasteiger partial charge is 0.364 e. The molecule has 0 aromatic heterocycles. The average Bonchev–Trinajstić information content (AvgIpc) is 3.22. The second-order valence-electron chi connectivity index (χ2n) is 6.51. The molecule has 0 saturated heterocycles. The zero-order valence-electron chi connectivity index (χ0n) is 16.0. The number of anilines is 1. The molecule has 1 aliphatic rings. The molecular formula is C21H25F2IN4. The lowest BCUT2D eigenvalue weighted by molar-refractivity contribution is 0.504. The van der Waals surface area contributed by atoms with Gasteiger partial charge in [-0.2, -0.15) is 0 Å². The van der Waals surface area contributed by atoms with Gasteiger partial charge >= 0.3 is 0 Å². The van der Waals surface area contributed by atoms with Gasteiger partial charge in [0.1, 0.15) is 0 Å². The van der Waals surface area contributed by atoms with Crippen LogP contribution in [-0.2, 0) is 6.54 Å². The summed E-state index contributed by atoms with van der Waals surface area (Å²) in [6.45, 7) is 4.40. The van der Waals surface area contributed by atoms with E-state index in [1.54, 1.807) is 13.1 Å². The number of benzene rings is 2. The molecule has 0 aliphatic carbocycles. The molecule has 150 valence electrons. The highest BCUT2D eigenvalue weighted by molar-refractivity contribution is 14.0. The molecule has 0 saturated carbocycles. The summed E-state index contributed by atoms with van der Waals surface area (Å²) in [6, 6.07) is 12.1. The van der Waals surface area contributed by atoms with Gasteiger partial charge in [0, 0.05) is 32.4 Å². The minimum atomic E-state index is -0.850. The van der Waals surface area contributed by atoms with Crippen LogP contribution in [0.3, 0.4) is 0 Å². The van der Waals surface area contributed by atoms with E-state index >= 15 is 0 Å². The Labute approximate surface area is 181 Å². The SMILES string of the molecule is CN=C(NCc1ccc(N2CC=CC2)cc1)NC(C)c1ccc(F)c(F)c1.I. The molecule has 2 N–H and O–H groups in total. The minimum absolute atomic E-state index is 0. The smallest absolute Gasteiger partial charge is 0.191 e. The standard InChI is InChI=1S/C21H24F2N4.HI/c1-15(17-7-10-19(22)20(23)13-17)26-21(24-2)25-14-16-5-8-18(9-6-16)27-11-3-4-12-27;/h3-10,13,15H,11-12,14H2,1-2H3,(H2,24,25,26);1H. The summed E-state index contributed by atoms with van der Waals surface area (Å²) in [7, 11) is 1.68. The van der Waals surface area contributed by atoms with Crippen molar-refractivity contribution in [2.75, 3.05) is 25.0 Å². The van der Waals surface area contributed by atoms with Crippen molar-refractivity contribution in [2.45, 2.75) is 19.5 Å². The van der Waals surface area contributed by atoms with E-state index in [0.29, 0.717) is 18.1 Å². The molecule has 0 radical (unpaired) electrons. The number of halogens is 3. The second-order valence-corrected chi connectivity index (χ2v) is 6.51. The van der Waals surface area contributed by atoms with Crippen LogP contribution in [0.25, 0.3) is 0 Å². The zero-order chi connectivity index (χ0) is 19.2. The molecular weight excluding hydrogens is 473 g/mol. The van der Waals surface area contributed by atoms with Crippen molar-refractivity contribution < 1.29 is 8.78 Å². The zero-order valence-corrected chi connectivity index (χ0v) is 18.3. The number of hydrogen-bond donors (Lipinski definition) is 2. The van der Waals surface area contributed by atoms with Gasteiger partial charge in [-0.15, -0.1) is 24.0 Å². The topological polar surface area (TPSA) is 39.7 Å². The predicted octanol–water partition coefficient (Wildman–Crippen LogP) is 4.39. The molecule has 2 aromatic rings. The quantitative estimate of drug-likeness (QED) is 0.278. The molecule has 1 heterocycles. The van der Waals surface area contributed by atoms with E-state index in [1.807, 2.05) is 6.92 Å². The molecule has 2 aromatic carbocycles. The highest BCUT2D eigenvalue weighted by Crippen LogP contribution is 2.18. The van der Waals surface area contributed by atoms with E-state index in [4.69, 9.17) is 0 Å². The van der Waals surface area contributed by atoms with Gasteiger partial charge in [0.05, 0.1) is 6.04 Å². The summed E-state index contributed by atoms with van der Waals surface area (Å²) in [6.07, 6.45) is 4.33. The first-order valence-electron chi connectivity index (χ1n) is 8.98. The van der Waals surface area contributed by atoms with E-state index in [1.165, 1.54) is 11.8 Å². The summed E-state index contributed by atoms with van der Waals surface area (Å²) < 4.78 is 26.5. The Morgan fingerprint density at radius 3 is 2.36 bits per heavy atom. The fourth-order valence-electron chi connectivity index (χ4n) is 2.96. The Bertz CT molecular complexity index is 829. The Kier molecular flexibility index (Phi) is 8.22. The fraction of sp³-hybridized carbons (Fsp3) is 0.286. The van der Waals surface area contributed by atoms with Gasteiger partial charge < -0.3 is 15.5 Å². The van der Waals surface area contributed by atoms with Gasteiger partial charge in [-0.1, -0.05) is 30.4 Å². The van der Waals surface area contributed by atoms with Crippen LogP contribution in [0.1, 0.15) is 24.1 Å². The molecule has 7 heteroatoms. The van der Waals surface area contributed by atoms with E-state index in [0.717, 1.165) is 24.7 Å². The van der Waals surface area contributed by atoms with E-state index in [2.05, 4.69) is 56.9 Å². The van der Waals surface area contributed by atoms with Gasteiger partial charge in [-0.25, -0.2) is 8.78 Å². The van der Waals surface area contributed by atoms with Crippen LogP contribution in [-0.4, -0.2) is 26.1 Å². The number of guanidine groups is 1. The maximum Gasteiger partial charge on any atom is 0.191 e. The summed E-state index contributed by atoms with van der Waals surface area (Å²) in [5.41, 5.74) is 2.99. The molecule has 0 bridgehead atoms. The maximum absolute atomic E-state index is 13.4. The van der Waals surface area contributed by atoms with Crippen molar-refractivity contribution in [3.05, 3.63) is 77.4 Å². The number of nitrogens with one attached hydrogen (secondary N) is 2. The van der Waals surface area contributed by atoms with Crippen LogP contribution in [0, 0.1) is 11.6 Å². The number of nitrogens with zero attached hydrogens (tertiary/aromatic N) is 2. The van der Waals surface area contributed by atoms with Crippen LogP contribution in [0.15, 0.2) is 59.6 Å². The number of rotatable bonds is 5. The van der Waals surface area contributed by atoms with Crippen molar-refractivity contribution in [2.24, 2.45) is 4.99 Å². The van der Waals surface area contributed by atoms with Crippen LogP contribution < -0.4 is 15.5 Å². The molecule has 1 aliphatic heterocycles. The predicted molar refractivity (Wildman–Crippen MR) is 121 cm³/mol. The van der Waals surface area contributed by atoms with Gasteiger partial charge in [-0.3, -0.25) is 4.99 Å². The summed E-state index contributed by atoms with van der Waals surface area (Å²) >= 11 is 0. The molecule has 3 rings (SSSR count). The van der Waals surface area contributed by atoms with E-state index < -0.39 is 11.6 Å². The van der Waals surface area contributed by atoms with Crippen molar-refractivity contribution in [3.63, 3.8) is 0 Å². The Morgan fingerprint density at radius 1 is 1.07 bits per heavy atom. The molecule has 1 unspecified atom stereocenters. The van der Waals surface area contributed by atoms with Crippen molar-refractivity contribution >= 4 is 35.6 Å². The van der Waals surface area contributed by atoms with Crippen molar-refractivity contribution in [1.82, 2.24) is 10.6 Å². The first-order chi connectivity index (χ1) is 13.1. The van der Waals surface area contributed by atoms with E-state index in [9.17, 15) is 8.78 Å². The molecule has 28 heavy (non-hydrogen) atoms. The minimum Gasteiger partial charge on any atom is -0.364 e. The summed E-state index contributed by atoms with van der Waals surface area (Å²) in [5.74, 6) is -1.10.